The van der Waals surface area contributed by atoms with Crippen LogP contribution in [0.1, 0.15) is 62.1 Å². The van der Waals surface area contributed by atoms with E-state index in [2.05, 4.69) is 38.2 Å². The number of carbonyl (C=O) groups is 4. The zero-order valence-electron chi connectivity index (χ0n) is 32.6. The van der Waals surface area contributed by atoms with E-state index in [1.54, 1.807) is 21.8 Å². The molecule has 0 unspecified atom stereocenters. The van der Waals surface area contributed by atoms with E-state index >= 15 is 4.79 Å². The number of unbranched alkanes of at least 4 members (excludes halogenated alkanes) is 1. The van der Waals surface area contributed by atoms with Crippen LogP contribution < -0.4 is 19.7 Å². The Labute approximate surface area is 324 Å². The molecule has 3 aromatic carbocycles. The molecule has 55 heavy (non-hydrogen) atoms. The molecule has 11 nitrogen and oxygen atoms in total. The summed E-state index contributed by atoms with van der Waals surface area (Å²) < 4.78 is 17.6. The first-order valence-corrected chi connectivity index (χ1v) is 22.7. The van der Waals surface area contributed by atoms with Crippen molar-refractivity contribution in [2.45, 2.75) is 94.8 Å². The van der Waals surface area contributed by atoms with Gasteiger partial charge in [0.15, 0.2) is 5.60 Å². The van der Waals surface area contributed by atoms with Gasteiger partial charge in [0.25, 0.3) is 5.91 Å². The molecule has 0 aromatic heterocycles. The minimum atomic E-state index is -2.56. The summed E-state index contributed by atoms with van der Waals surface area (Å²) in [6.07, 6.45) is 2.63. The molecule has 12 heteroatoms. The molecular formula is C43H53N3O8Si. The van der Waals surface area contributed by atoms with Crippen LogP contribution in [0.15, 0.2) is 66.7 Å². The van der Waals surface area contributed by atoms with Crippen molar-refractivity contribution in [3.63, 3.8) is 0 Å². The summed E-state index contributed by atoms with van der Waals surface area (Å²) >= 11 is 0. The number of aliphatic hydroxyl groups is 1. The Morgan fingerprint density at radius 3 is 2.42 bits per heavy atom. The lowest BCUT2D eigenvalue weighted by Crippen LogP contribution is -2.52. The summed E-state index contributed by atoms with van der Waals surface area (Å²) in [6.45, 7) is 7.89. The van der Waals surface area contributed by atoms with Gasteiger partial charge in [0, 0.05) is 49.6 Å². The third kappa shape index (κ3) is 6.86. The molecule has 1 N–H and O–H groups in total. The Hall–Kier alpha value is -4.52. The molecule has 2 fully saturated rings. The van der Waals surface area contributed by atoms with E-state index in [9.17, 15) is 19.5 Å². The third-order valence-corrected chi connectivity index (χ3v) is 17.1. The Balaban J connectivity index is 1.30. The Morgan fingerprint density at radius 2 is 1.75 bits per heavy atom. The van der Waals surface area contributed by atoms with Crippen LogP contribution >= 0.6 is 0 Å². The highest BCUT2D eigenvalue weighted by atomic mass is 28.3. The van der Waals surface area contributed by atoms with Crippen molar-refractivity contribution in [3.8, 4) is 5.75 Å². The highest BCUT2D eigenvalue weighted by Crippen LogP contribution is 2.60. The van der Waals surface area contributed by atoms with Gasteiger partial charge in [-0.1, -0.05) is 61.6 Å². The van der Waals surface area contributed by atoms with Crippen molar-refractivity contribution in [3.05, 3.63) is 83.4 Å². The van der Waals surface area contributed by atoms with Gasteiger partial charge in [0.05, 0.1) is 53.2 Å². The van der Waals surface area contributed by atoms with Crippen molar-refractivity contribution < 1.29 is 38.5 Å². The molecule has 0 saturated carbocycles. The van der Waals surface area contributed by atoms with Crippen LogP contribution in [0.25, 0.3) is 0 Å². The van der Waals surface area contributed by atoms with Crippen molar-refractivity contribution in [1.82, 2.24) is 4.90 Å². The molecule has 0 aliphatic carbocycles. The number of fused-ring (bicyclic) bond motifs is 3. The number of amides is 3. The summed E-state index contributed by atoms with van der Waals surface area (Å²) in [5.41, 5.74) is 2.79. The van der Waals surface area contributed by atoms with Gasteiger partial charge in [0.1, 0.15) is 5.75 Å². The lowest BCUT2D eigenvalue weighted by Gasteiger charge is -2.39. The number of methoxy groups -OCH3 is 2. The summed E-state index contributed by atoms with van der Waals surface area (Å²) in [5, 5.41) is 11.6. The van der Waals surface area contributed by atoms with Crippen molar-refractivity contribution in [1.29, 1.82) is 0 Å². The van der Waals surface area contributed by atoms with Gasteiger partial charge in [-0.25, -0.2) is 0 Å². The van der Waals surface area contributed by atoms with Gasteiger partial charge in [-0.05, 0) is 72.7 Å². The van der Waals surface area contributed by atoms with Gasteiger partial charge < -0.3 is 34.0 Å². The molecule has 3 amide bonds. The van der Waals surface area contributed by atoms with E-state index in [1.807, 2.05) is 48.5 Å². The van der Waals surface area contributed by atoms with Crippen LogP contribution in [0.5, 0.6) is 5.75 Å². The summed E-state index contributed by atoms with van der Waals surface area (Å²) in [5.74, 6) is -0.139. The number of aliphatic hydroxyl groups excluding tert-OH is 1. The maximum atomic E-state index is 15.2. The molecule has 0 bridgehead atoms. The average molecular weight is 768 g/mol. The largest absolute Gasteiger partial charge is 0.497 e. The van der Waals surface area contributed by atoms with Crippen LogP contribution in [-0.4, -0.2) is 87.8 Å². The van der Waals surface area contributed by atoms with Crippen molar-refractivity contribution in [2.75, 3.05) is 43.7 Å². The number of nitrogens with zero attached hydrogens (tertiary/aromatic N) is 3. The number of rotatable bonds is 12. The predicted octanol–water partition coefficient (Wildman–Crippen LogP) is 5.06. The fourth-order valence-electron chi connectivity index (χ4n) is 9.79. The van der Waals surface area contributed by atoms with Crippen LogP contribution in [0.4, 0.5) is 11.4 Å². The lowest BCUT2D eigenvalue weighted by molar-refractivity contribution is -0.151. The highest BCUT2D eigenvalue weighted by Gasteiger charge is 2.66. The zero-order chi connectivity index (χ0) is 39.1. The molecule has 2 saturated heterocycles. The molecule has 4 aliphatic heterocycles. The standard InChI is InChI=1S/C43H53N3O8Si/c1-28-41(55(4,5)34-18-16-33(52-2)17-19-34)37(25-39(49)46-26-30-12-7-6-11-29(30)23-32(46)27-47)54-43(28)35-24-31(44-22-10-13-38(44)48)15-20-36(35)45(42(43)51)21-9-8-14-40(50)53-3/h6-7,11-12,15-20,24,28,32,37,41,47H,8-10,13-14,21-23,25-27H2,1-5H3/t28-,32+,37+,41-,43+/m1/s1. The summed E-state index contributed by atoms with van der Waals surface area (Å²) in [4.78, 5) is 60.1. The van der Waals surface area contributed by atoms with E-state index in [-0.39, 0.29) is 60.6 Å². The second-order valence-electron chi connectivity index (χ2n) is 16.0. The van der Waals surface area contributed by atoms with E-state index in [1.165, 1.54) is 7.11 Å². The first kappa shape index (κ1) is 38.7. The molecule has 3 aromatic rings. The fraction of sp³-hybridized carbons (Fsp3) is 0.488. The minimum Gasteiger partial charge on any atom is -0.497 e. The number of hydrogen-bond acceptors (Lipinski definition) is 8. The number of hydrogen-bond donors (Lipinski definition) is 1. The van der Waals surface area contributed by atoms with Crippen LogP contribution in [-0.2, 0) is 47.2 Å². The summed E-state index contributed by atoms with van der Waals surface area (Å²) in [7, 11) is 0.454. The predicted molar refractivity (Wildman–Crippen MR) is 212 cm³/mol. The molecule has 4 heterocycles. The molecule has 7 rings (SSSR count). The number of esters is 1. The summed E-state index contributed by atoms with van der Waals surface area (Å²) in [6, 6.07) is 21.6. The van der Waals surface area contributed by atoms with Crippen LogP contribution in [0.2, 0.25) is 18.6 Å². The number of ether oxygens (including phenoxy) is 3. The zero-order valence-corrected chi connectivity index (χ0v) is 33.6. The van der Waals surface area contributed by atoms with Crippen LogP contribution in [0.3, 0.4) is 0 Å². The lowest BCUT2D eigenvalue weighted by atomic mass is 9.82. The Bertz CT molecular complexity index is 1950. The second kappa shape index (κ2) is 15.5. The highest BCUT2D eigenvalue weighted by molar-refractivity contribution is 6.91. The first-order chi connectivity index (χ1) is 26.4. The molecule has 0 radical (unpaired) electrons. The van der Waals surface area contributed by atoms with Crippen molar-refractivity contribution >= 4 is 48.3 Å². The molecule has 292 valence electrons. The fourth-order valence-corrected chi connectivity index (χ4v) is 13.8. The normalized spacial score (nSPS) is 24.7. The minimum absolute atomic E-state index is 0.0497. The topological polar surface area (TPSA) is 126 Å². The molecular weight excluding hydrogens is 715 g/mol. The smallest absolute Gasteiger partial charge is 0.305 e. The van der Waals surface area contributed by atoms with Gasteiger partial charge in [0.2, 0.25) is 11.8 Å². The third-order valence-electron chi connectivity index (χ3n) is 12.7. The Kier molecular flexibility index (Phi) is 11.0. The van der Waals surface area contributed by atoms with Gasteiger partial charge >= 0.3 is 5.97 Å². The van der Waals surface area contributed by atoms with E-state index in [0.29, 0.717) is 45.3 Å². The number of benzene rings is 3. The Morgan fingerprint density at radius 1 is 1.00 bits per heavy atom. The molecule has 5 atom stereocenters. The first-order valence-electron chi connectivity index (χ1n) is 19.6. The second-order valence-corrected chi connectivity index (χ2v) is 20.7. The van der Waals surface area contributed by atoms with E-state index in [0.717, 1.165) is 45.4 Å². The maximum absolute atomic E-state index is 15.2. The SMILES string of the molecule is COC(=O)CCCCN1C(=O)[C@@]2(O[C@@H](CC(=O)N3Cc4ccccc4C[C@H]3CO)[C@H]([Si](C)(C)c3ccc(OC)cc3)[C@H]2C)c2cc(N3CCCC3=O)ccc21. The van der Waals surface area contributed by atoms with Gasteiger partial charge in [-0.2, -0.15) is 0 Å². The number of anilines is 2. The van der Waals surface area contributed by atoms with Crippen LogP contribution in [0, 0.1) is 5.92 Å². The van der Waals surface area contributed by atoms with Crippen molar-refractivity contribution in [2.24, 2.45) is 5.92 Å². The van der Waals surface area contributed by atoms with Gasteiger partial charge in [-0.3, -0.25) is 19.2 Å². The maximum Gasteiger partial charge on any atom is 0.305 e. The molecule has 4 aliphatic rings. The monoisotopic (exact) mass is 767 g/mol. The average Bonchev–Trinajstić information content (AvgIpc) is 3.83. The van der Waals surface area contributed by atoms with E-state index in [4.69, 9.17) is 14.2 Å². The van der Waals surface area contributed by atoms with Gasteiger partial charge in [-0.15, -0.1) is 0 Å². The quantitative estimate of drug-likeness (QED) is 0.154. The number of carbonyl (C=O) groups excluding carboxylic acids is 4. The molecule has 1 spiro atoms. The van der Waals surface area contributed by atoms with E-state index < -0.39 is 19.8 Å².